The maximum Gasteiger partial charge on any atom is 0.358 e. The van der Waals surface area contributed by atoms with Gasteiger partial charge in [0.15, 0.2) is 5.69 Å². The summed E-state index contributed by atoms with van der Waals surface area (Å²) in [5.41, 5.74) is 1.67. The van der Waals surface area contributed by atoms with Crippen LogP contribution in [0.3, 0.4) is 0 Å². The van der Waals surface area contributed by atoms with Crippen LogP contribution in [0.15, 0.2) is 5.38 Å². The molecule has 0 atom stereocenters. The van der Waals surface area contributed by atoms with Crippen molar-refractivity contribution in [3.63, 3.8) is 0 Å². The number of aryl methyl sites for hydroxylation is 1. The Hall–Kier alpha value is -1.76. The first-order chi connectivity index (χ1) is 8.97. The number of thiazole rings is 1. The predicted octanol–water partition coefficient (Wildman–Crippen LogP) is 1.99. The van der Waals surface area contributed by atoms with Crippen molar-refractivity contribution in [2.24, 2.45) is 5.92 Å². The Morgan fingerprint density at radius 1 is 1.53 bits per heavy atom. The van der Waals surface area contributed by atoms with E-state index in [1.165, 1.54) is 0 Å². The van der Waals surface area contributed by atoms with E-state index < -0.39 is 5.97 Å². The smallest absolute Gasteiger partial charge is 0.358 e. The average molecular weight is 280 g/mol. The molecule has 0 aliphatic rings. The first-order valence-electron chi connectivity index (χ1n) is 6.04. The molecule has 2 aromatic heterocycles. The molecule has 0 saturated carbocycles. The summed E-state index contributed by atoms with van der Waals surface area (Å²) in [6, 6.07) is 0. The lowest BCUT2D eigenvalue weighted by atomic mass is 10.1. The van der Waals surface area contributed by atoms with Gasteiger partial charge >= 0.3 is 5.97 Å². The third-order valence-corrected chi connectivity index (χ3v) is 3.54. The largest absolute Gasteiger partial charge is 0.476 e. The van der Waals surface area contributed by atoms with Crippen LogP contribution in [0.2, 0.25) is 0 Å². The number of nitrogens with zero attached hydrogens (tertiary/aromatic N) is 4. The number of rotatable bonds is 5. The minimum Gasteiger partial charge on any atom is -0.476 e. The van der Waals surface area contributed by atoms with Crippen molar-refractivity contribution in [2.75, 3.05) is 0 Å². The van der Waals surface area contributed by atoms with E-state index in [2.05, 4.69) is 15.3 Å². The van der Waals surface area contributed by atoms with E-state index in [9.17, 15) is 4.79 Å². The summed E-state index contributed by atoms with van der Waals surface area (Å²) in [7, 11) is 0. The van der Waals surface area contributed by atoms with Gasteiger partial charge in [0.05, 0.1) is 12.2 Å². The third-order valence-electron chi connectivity index (χ3n) is 2.59. The van der Waals surface area contributed by atoms with Crippen molar-refractivity contribution in [1.82, 2.24) is 20.0 Å². The molecule has 0 amide bonds. The van der Waals surface area contributed by atoms with Gasteiger partial charge in [-0.2, -0.15) is 0 Å². The molecule has 0 fully saturated rings. The van der Waals surface area contributed by atoms with Gasteiger partial charge in [-0.25, -0.2) is 14.5 Å². The summed E-state index contributed by atoms with van der Waals surface area (Å²) in [6.45, 7) is 6.48. The lowest BCUT2D eigenvalue weighted by molar-refractivity contribution is 0.0689. The van der Waals surface area contributed by atoms with Gasteiger partial charge in [0.1, 0.15) is 5.01 Å². The molecule has 0 aliphatic carbocycles. The van der Waals surface area contributed by atoms with Crippen LogP contribution in [-0.4, -0.2) is 31.1 Å². The SMILES string of the molecule is Cc1csc(Cn2nnc(C(=O)O)c2CC(C)C)n1. The van der Waals surface area contributed by atoms with Gasteiger partial charge in [-0.05, 0) is 19.3 Å². The van der Waals surface area contributed by atoms with Gasteiger partial charge in [0, 0.05) is 11.1 Å². The van der Waals surface area contributed by atoms with E-state index in [0.717, 1.165) is 10.7 Å². The fraction of sp³-hybridized carbons (Fsp3) is 0.500. The zero-order chi connectivity index (χ0) is 14.0. The van der Waals surface area contributed by atoms with E-state index in [-0.39, 0.29) is 5.69 Å². The summed E-state index contributed by atoms with van der Waals surface area (Å²) in [6.07, 6.45) is 0.638. The number of carbonyl (C=O) groups is 1. The summed E-state index contributed by atoms with van der Waals surface area (Å²) >= 11 is 1.54. The molecule has 6 nitrogen and oxygen atoms in total. The highest BCUT2D eigenvalue weighted by atomic mass is 32.1. The topological polar surface area (TPSA) is 80.9 Å². The van der Waals surface area contributed by atoms with Gasteiger partial charge in [0.25, 0.3) is 0 Å². The van der Waals surface area contributed by atoms with Crippen molar-refractivity contribution in [3.8, 4) is 0 Å². The van der Waals surface area contributed by atoms with Gasteiger partial charge in [-0.3, -0.25) is 0 Å². The van der Waals surface area contributed by atoms with Crippen LogP contribution < -0.4 is 0 Å². The van der Waals surface area contributed by atoms with Crippen molar-refractivity contribution in [3.05, 3.63) is 27.5 Å². The van der Waals surface area contributed by atoms with E-state index in [0.29, 0.717) is 24.6 Å². The Bertz CT molecular complexity index is 588. The monoisotopic (exact) mass is 280 g/mol. The molecule has 0 bridgehead atoms. The molecule has 0 unspecified atom stereocenters. The van der Waals surface area contributed by atoms with Crippen LogP contribution in [0.25, 0.3) is 0 Å². The lowest BCUT2D eigenvalue weighted by Crippen LogP contribution is -2.11. The van der Waals surface area contributed by atoms with Crippen LogP contribution >= 0.6 is 11.3 Å². The highest BCUT2D eigenvalue weighted by Crippen LogP contribution is 2.16. The third kappa shape index (κ3) is 3.17. The quantitative estimate of drug-likeness (QED) is 0.905. The molecule has 2 rings (SSSR count). The summed E-state index contributed by atoms with van der Waals surface area (Å²) in [4.78, 5) is 15.5. The Morgan fingerprint density at radius 3 is 2.79 bits per heavy atom. The minimum absolute atomic E-state index is 0.0435. The second-order valence-corrected chi connectivity index (χ2v) is 5.77. The predicted molar refractivity (Wildman–Crippen MR) is 71.5 cm³/mol. The molecule has 2 heterocycles. The van der Waals surface area contributed by atoms with Crippen LogP contribution in [0.1, 0.15) is 40.7 Å². The Morgan fingerprint density at radius 2 is 2.26 bits per heavy atom. The van der Waals surface area contributed by atoms with Gasteiger partial charge in [-0.15, -0.1) is 16.4 Å². The minimum atomic E-state index is -1.03. The van der Waals surface area contributed by atoms with Gasteiger partial charge < -0.3 is 5.11 Å². The summed E-state index contributed by atoms with van der Waals surface area (Å²) in [5, 5.41) is 19.7. The highest BCUT2D eigenvalue weighted by molar-refractivity contribution is 7.09. The number of hydrogen-bond donors (Lipinski definition) is 1. The number of carboxylic acids is 1. The Kier molecular flexibility index (Phi) is 3.94. The van der Waals surface area contributed by atoms with Crippen LogP contribution in [0.5, 0.6) is 0 Å². The molecule has 0 aromatic carbocycles. The van der Waals surface area contributed by atoms with E-state index in [1.807, 2.05) is 26.2 Å². The number of aromatic carboxylic acids is 1. The Labute approximate surface area is 115 Å². The van der Waals surface area contributed by atoms with Crippen molar-refractivity contribution in [1.29, 1.82) is 0 Å². The van der Waals surface area contributed by atoms with E-state index in [1.54, 1.807) is 16.0 Å². The molecule has 0 radical (unpaired) electrons. The van der Waals surface area contributed by atoms with Crippen molar-refractivity contribution >= 4 is 17.3 Å². The first-order valence-corrected chi connectivity index (χ1v) is 6.92. The van der Waals surface area contributed by atoms with Crippen molar-refractivity contribution < 1.29 is 9.90 Å². The van der Waals surface area contributed by atoms with E-state index in [4.69, 9.17) is 5.11 Å². The fourth-order valence-electron chi connectivity index (χ4n) is 1.82. The maximum atomic E-state index is 11.1. The molecule has 0 aliphatic heterocycles. The average Bonchev–Trinajstić information content (AvgIpc) is 2.87. The zero-order valence-corrected chi connectivity index (χ0v) is 11.9. The van der Waals surface area contributed by atoms with Crippen LogP contribution in [0.4, 0.5) is 0 Å². The van der Waals surface area contributed by atoms with Gasteiger partial charge in [0.2, 0.25) is 0 Å². The van der Waals surface area contributed by atoms with Gasteiger partial charge in [-0.1, -0.05) is 19.1 Å². The highest BCUT2D eigenvalue weighted by Gasteiger charge is 2.20. The molecule has 0 saturated heterocycles. The summed E-state index contributed by atoms with van der Waals surface area (Å²) in [5.74, 6) is -0.689. The number of aromatic nitrogens is 4. The maximum absolute atomic E-state index is 11.1. The Balaban J connectivity index is 2.31. The zero-order valence-electron chi connectivity index (χ0n) is 11.1. The first kappa shape index (κ1) is 13.7. The molecule has 1 N–H and O–H groups in total. The van der Waals surface area contributed by atoms with Crippen LogP contribution in [-0.2, 0) is 13.0 Å². The normalized spacial score (nSPS) is 11.2. The fourth-order valence-corrected chi connectivity index (χ4v) is 2.57. The van der Waals surface area contributed by atoms with Crippen LogP contribution in [0, 0.1) is 12.8 Å². The molecule has 102 valence electrons. The number of hydrogen-bond acceptors (Lipinski definition) is 5. The second-order valence-electron chi connectivity index (χ2n) is 4.83. The lowest BCUT2D eigenvalue weighted by Gasteiger charge is -2.07. The molecular formula is C12H16N4O2S. The molecule has 0 spiro atoms. The molecular weight excluding hydrogens is 264 g/mol. The standard InChI is InChI=1S/C12H16N4O2S/c1-7(2)4-9-11(12(17)18)14-15-16(9)5-10-13-8(3)6-19-10/h6-7H,4-5H2,1-3H3,(H,17,18). The second kappa shape index (κ2) is 5.48. The summed E-state index contributed by atoms with van der Waals surface area (Å²) < 4.78 is 1.64. The molecule has 19 heavy (non-hydrogen) atoms. The number of carboxylic acid groups (broad SMARTS) is 1. The molecule has 7 heteroatoms. The molecule has 2 aromatic rings. The van der Waals surface area contributed by atoms with Crippen molar-refractivity contribution in [2.45, 2.75) is 33.7 Å². The van der Waals surface area contributed by atoms with E-state index >= 15 is 0 Å².